The van der Waals surface area contributed by atoms with Gasteiger partial charge in [-0.1, -0.05) is 0 Å². The largest absolute Gasteiger partial charge is 0.480 e. The zero-order chi connectivity index (χ0) is 10.8. The molecule has 1 N–H and O–H groups in total. The minimum absolute atomic E-state index is 0.590. The molecular weight excluding hydrogens is 182 g/mol. The van der Waals surface area contributed by atoms with Crippen LogP contribution in [0, 0.1) is 0 Å². The maximum absolute atomic E-state index is 11.0. The molecule has 1 aromatic rings. The highest BCUT2D eigenvalue weighted by Crippen LogP contribution is 2.18. The molecule has 1 aromatic heterocycles. The summed E-state index contributed by atoms with van der Waals surface area (Å²) in [5.74, 6) is -0.300. The Labute approximate surface area is 82.4 Å². The molecule has 0 aromatic carbocycles. The van der Waals surface area contributed by atoms with Gasteiger partial charge in [-0.2, -0.15) is 0 Å². The Balaban J connectivity index is 2.96. The molecule has 0 saturated heterocycles. The van der Waals surface area contributed by atoms with Gasteiger partial charge >= 0.3 is 5.97 Å². The molecule has 76 valence electrons. The maximum Gasteiger partial charge on any atom is 0.328 e. The molecule has 0 atom stereocenters. The van der Waals surface area contributed by atoms with E-state index in [1.165, 1.54) is 6.33 Å². The van der Waals surface area contributed by atoms with E-state index < -0.39 is 11.5 Å². The number of aliphatic carboxylic acids is 1. The van der Waals surface area contributed by atoms with E-state index in [2.05, 4.69) is 9.97 Å². The van der Waals surface area contributed by atoms with E-state index in [9.17, 15) is 4.79 Å². The van der Waals surface area contributed by atoms with Crippen LogP contribution in [0.15, 0.2) is 18.6 Å². The molecule has 0 bridgehead atoms. The van der Waals surface area contributed by atoms with Gasteiger partial charge in [-0.3, -0.25) is 0 Å². The summed E-state index contributed by atoms with van der Waals surface area (Å²) >= 11 is 0. The van der Waals surface area contributed by atoms with E-state index in [0.717, 1.165) is 0 Å². The van der Waals surface area contributed by atoms with Crippen LogP contribution in [-0.4, -0.2) is 33.6 Å². The molecule has 0 aliphatic rings. The lowest BCUT2D eigenvalue weighted by atomic mass is 10.0. The van der Waals surface area contributed by atoms with Crippen LogP contribution in [0.2, 0.25) is 0 Å². The minimum Gasteiger partial charge on any atom is -0.480 e. The summed E-state index contributed by atoms with van der Waals surface area (Å²) < 4.78 is 0. The van der Waals surface area contributed by atoms with Gasteiger partial charge in [0.05, 0.1) is 0 Å². The van der Waals surface area contributed by atoms with Crippen LogP contribution in [0.5, 0.6) is 0 Å². The van der Waals surface area contributed by atoms with Gasteiger partial charge in [-0.25, -0.2) is 14.8 Å². The van der Waals surface area contributed by atoms with Crippen LogP contribution in [0.4, 0.5) is 5.82 Å². The third-order valence-electron chi connectivity index (χ3n) is 2.27. The number of carboxylic acid groups (broad SMARTS) is 1. The second-order valence-corrected chi connectivity index (χ2v) is 3.49. The first-order chi connectivity index (χ1) is 6.46. The Hall–Kier alpha value is -1.65. The van der Waals surface area contributed by atoms with Crippen LogP contribution in [0.25, 0.3) is 0 Å². The molecule has 0 spiro atoms. The number of rotatable bonds is 3. The van der Waals surface area contributed by atoms with Crippen molar-refractivity contribution in [2.75, 3.05) is 11.9 Å². The van der Waals surface area contributed by atoms with Crippen LogP contribution in [0.3, 0.4) is 0 Å². The minimum atomic E-state index is -0.978. The number of hydrogen-bond acceptors (Lipinski definition) is 4. The van der Waals surface area contributed by atoms with Crippen LogP contribution in [-0.2, 0) is 4.79 Å². The third kappa shape index (κ3) is 1.81. The third-order valence-corrected chi connectivity index (χ3v) is 2.27. The fourth-order valence-corrected chi connectivity index (χ4v) is 0.912. The van der Waals surface area contributed by atoms with Crippen molar-refractivity contribution in [3.63, 3.8) is 0 Å². The zero-order valence-corrected chi connectivity index (χ0v) is 8.43. The Morgan fingerprint density at radius 2 is 2.21 bits per heavy atom. The van der Waals surface area contributed by atoms with Crippen LogP contribution < -0.4 is 4.90 Å². The molecule has 0 radical (unpaired) electrons. The lowest BCUT2D eigenvalue weighted by Crippen LogP contribution is -2.48. The molecule has 1 rings (SSSR count). The van der Waals surface area contributed by atoms with Crippen molar-refractivity contribution in [2.24, 2.45) is 0 Å². The van der Waals surface area contributed by atoms with Crippen molar-refractivity contribution in [1.29, 1.82) is 0 Å². The molecule has 0 aliphatic heterocycles. The molecule has 0 unspecified atom stereocenters. The summed E-state index contributed by atoms with van der Waals surface area (Å²) in [5.41, 5.74) is -0.978. The van der Waals surface area contributed by atoms with Gasteiger partial charge < -0.3 is 10.0 Å². The highest BCUT2D eigenvalue weighted by atomic mass is 16.4. The predicted molar refractivity (Wildman–Crippen MR) is 52.1 cm³/mol. The number of carboxylic acids is 1. The van der Waals surface area contributed by atoms with Crippen molar-refractivity contribution in [2.45, 2.75) is 19.4 Å². The monoisotopic (exact) mass is 195 g/mol. The summed E-state index contributed by atoms with van der Waals surface area (Å²) in [7, 11) is 1.69. The Kier molecular flexibility index (Phi) is 2.69. The fourth-order valence-electron chi connectivity index (χ4n) is 0.912. The van der Waals surface area contributed by atoms with E-state index in [4.69, 9.17) is 5.11 Å². The van der Waals surface area contributed by atoms with Gasteiger partial charge in [0.25, 0.3) is 0 Å². The van der Waals surface area contributed by atoms with E-state index in [1.54, 1.807) is 38.1 Å². The highest BCUT2D eigenvalue weighted by molar-refractivity contribution is 5.81. The highest BCUT2D eigenvalue weighted by Gasteiger charge is 2.32. The first-order valence-electron chi connectivity index (χ1n) is 4.19. The molecule has 14 heavy (non-hydrogen) atoms. The predicted octanol–water partition coefficient (Wildman–Crippen LogP) is 0.776. The van der Waals surface area contributed by atoms with E-state index in [1.807, 2.05) is 0 Å². The SMILES string of the molecule is CN(c1ccncn1)C(C)(C)C(=O)O. The summed E-state index contributed by atoms with van der Waals surface area (Å²) in [6, 6.07) is 1.67. The molecule has 5 nitrogen and oxygen atoms in total. The van der Waals surface area contributed by atoms with Gasteiger partial charge in [-0.05, 0) is 19.9 Å². The zero-order valence-electron chi connectivity index (χ0n) is 8.43. The number of hydrogen-bond donors (Lipinski definition) is 1. The van der Waals surface area contributed by atoms with Crippen molar-refractivity contribution in [3.8, 4) is 0 Å². The number of likely N-dealkylation sites (N-methyl/N-ethyl adjacent to an activating group) is 1. The Morgan fingerprint density at radius 1 is 1.57 bits per heavy atom. The van der Waals surface area contributed by atoms with Gasteiger partial charge in [0.2, 0.25) is 0 Å². The average molecular weight is 195 g/mol. The summed E-state index contributed by atoms with van der Waals surface area (Å²) in [6.45, 7) is 3.24. The molecule has 0 fully saturated rings. The van der Waals surface area contributed by atoms with Crippen molar-refractivity contribution < 1.29 is 9.90 Å². The second kappa shape index (κ2) is 3.61. The van der Waals surface area contributed by atoms with Crippen LogP contribution >= 0.6 is 0 Å². The molecule has 1 heterocycles. The lowest BCUT2D eigenvalue weighted by molar-refractivity contribution is -0.142. The first kappa shape index (κ1) is 10.4. The first-order valence-corrected chi connectivity index (χ1v) is 4.19. The smallest absolute Gasteiger partial charge is 0.328 e. The van der Waals surface area contributed by atoms with Crippen molar-refractivity contribution in [1.82, 2.24) is 9.97 Å². The number of carbonyl (C=O) groups is 1. The fraction of sp³-hybridized carbons (Fsp3) is 0.444. The topological polar surface area (TPSA) is 66.3 Å². The van der Waals surface area contributed by atoms with Gasteiger partial charge in [0, 0.05) is 13.2 Å². The van der Waals surface area contributed by atoms with Gasteiger partial charge in [0.1, 0.15) is 17.7 Å². The molecule has 0 saturated carbocycles. The number of nitrogens with zero attached hydrogens (tertiary/aromatic N) is 3. The van der Waals surface area contributed by atoms with E-state index >= 15 is 0 Å². The van der Waals surface area contributed by atoms with Crippen molar-refractivity contribution >= 4 is 11.8 Å². The number of aromatic nitrogens is 2. The average Bonchev–Trinajstić information content (AvgIpc) is 2.17. The normalized spacial score (nSPS) is 11.1. The van der Waals surface area contributed by atoms with Crippen molar-refractivity contribution in [3.05, 3.63) is 18.6 Å². The summed E-state index contributed by atoms with van der Waals surface area (Å²) in [5, 5.41) is 8.99. The second-order valence-electron chi connectivity index (χ2n) is 3.49. The molecule has 0 aliphatic carbocycles. The standard InChI is InChI=1S/C9H13N3O2/c1-9(2,8(13)14)12(3)7-4-5-10-6-11-7/h4-6H,1-3H3,(H,13,14). The number of anilines is 1. The summed E-state index contributed by atoms with van der Waals surface area (Å²) in [4.78, 5) is 20.3. The molecule has 0 amide bonds. The van der Waals surface area contributed by atoms with Gasteiger partial charge in [0.15, 0.2) is 0 Å². The molecular formula is C9H13N3O2. The Morgan fingerprint density at radius 3 is 2.64 bits per heavy atom. The molecule has 5 heteroatoms. The van der Waals surface area contributed by atoms with Crippen LogP contribution in [0.1, 0.15) is 13.8 Å². The maximum atomic E-state index is 11.0. The van der Waals surface area contributed by atoms with E-state index in [0.29, 0.717) is 5.82 Å². The van der Waals surface area contributed by atoms with Gasteiger partial charge in [-0.15, -0.1) is 0 Å². The quantitative estimate of drug-likeness (QED) is 0.771. The van der Waals surface area contributed by atoms with E-state index in [-0.39, 0.29) is 0 Å². The summed E-state index contributed by atoms with van der Waals surface area (Å²) in [6.07, 6.45) is 2.97. The Bertz CT molecular complexity index is 324. The lowest BCUT2D eigenvalue weighted by Gasteiger charge is -2.32.